The molecule has 0 atom stereocenters. The van der Waals surface area contributed by atoms with E-state index in [0.29, 0.717) is 0 Å². The van der Waals surface area contributed by atoms with Gasteiger partial charge in [0.2, 0.25) is 5.91 Å². The van der Waals surface area contributed by atoms with Crippen LogP contribution in [0.5, 0.6) is 0 Å². The van der Waals surface area contributed by atoms with Gasteiger partial charge in [-0.25, -0.2) is 0 Å². The lowest BCUT2D eigenvalue weighted by Crippen LogP contribution is -2.20. The summed E-state index contributed by atoms with van der Waals surface area (Å²) < 4.78 is 76.9. The van der Waals surface area contributed by atoms with Crippen molar-refractivity contribution in [2.45, 2.75) is 18.9 Å². The molecule has 0 radical (unpaired) electrons. The second-order valence-electron chi connectivity index (χ2n) is 6.56. The van der Waals surface area contributed by atoms with Crippen molar-refractivity contribution in [3.05, 3.63) is 77.6 Å². The molecule has 0 aliphatic heterocycles. The standard InChI is InChI=1S/C20H14F6N4O2/c21-19(22,23)13-4-2-6-15(10-13)28-18(32)12-3-1-5-14(9-12)27-17(31)11-30-8-7-16(29-30)20(24,25)26/h1-10H,11H2,(H,27,31)(H,28,32). The first-order valence-electron chi connectivity index (χ1n) is 8.91. The molecule has 3 rings (SSSR count). The van der Waals surface area contributed by atoms with E-state index in [9.17, 15) is 35.9 Å². The minimum Gasteiger partial charge on any atom is -0.324 e. The van der Waals surface area contributed by atoms with Gasteiger partial charge < -0.3 is 10.6 Å². The molecule has 32 heavy (non-hydrogen) atoms. The number of nitrogens with one attached hydrogen (secondary N) is 2. The zero-order chi connectivity index (χ0) is 23.5. The summed E-state index contributed by atoms with van der Waals surface area (Å²) in [6.07, 6.45) is -8.20. The molecule has 2 aromatic carbocycles. The van der Waals surface area contributed by atoms with Gasteiger partial charge in [-0.05, 0) is 42.5 Å². The van der Waals surface area contributed by atoms with Gasteiger partial charge in [0.25, 0.3) is 5.91 Å². The highest BCUT2D eigenvalue weighted by Gasteiger charge is 2.33. The lowest BCUT2D eigenvalue weighted by atomic mass is 10.1. The Morgan fingerprint density at radius 2 is 1.50 bits per heavy atom. The van der Waals surface area contributed by atoms with E-state index in [2.05, 4.69) is 15.7 Å². The quantitative estimate of drug-likeness (QED) is 0.541. The Kier molecular flexibility index (Phi) is 6.23. The van der Waals surface area contributed by atoms with Gasteiger partial charge in [0.05, 0.1) is 5.56 Å². The molecule has 0 saturated heterocycles. The number of aromatic nitrogens is 2. The third kappa shape index (κ3) is 5.86. The molecule has 1 aromatic heterocycles. The highest BCUT2D eigenvalue weighted by Crippen LogP contribution is 2.31. The zero-order valence-corrected chi connectivity index (χ0v) is 16.0. The van der Waals surface area contributed by atoms with Gasteiger partial charge in [0, 0.05) is 23.1 Å². The molecule has 168 valence electrons. The van der Waals surface area contributed by atoms with Crippen LogP contribution in [0.2, 0.25) is 0 Å². The molecule has 12 heteroatoms. The first-order valence-corrected chi connectivity index (χ1v) is 8.91. The highest BCUT2D eigenvalue weighted by molar-refractivity contribution is 6.05. The summed E-state index contributed by atoms with van der Waals surface area (Å²) in [5.74, 6) is -1.42. The molecule has 0 bridgehead atoms. The topological polar surface area (TPSA) is 76.0 Å². The summed E-state index contributed by atoms with van der Waals surface area (Å²) in [7, 11) is 0. The maximum Gasteiger partial charge on any atom is 0.435 e. The molecule has 3 aromatic rings. The number of carbonyl (C=O) groups is 2. The molecule has 2 amide bonds. The summed E-state index contributed by atoms with van der Waals surface area (Å²) in [6.45, 7) is -0.503. The van der Waals surface area contributed by atoms with Crippen molar-refractivity contribution in [1.82, 2.24) is 9.78 Å². The molecule has 0 fully saturated rings. The SMILES string of the molecule is O=C(Cn1ccc(C(F)(F)F)n1)Nc1cccc(C(=O)Nc2cccc(C(F)(F)F)c2)c1. The molecule has 0 saturated carbocycles. The highest BCUT2D eigenvalue weighted by atomic mass is 19.4. The van der Waals surface area contributed by atoms with Crippen LogP contribution in [0, 0.1) is 0 Å². The van der Waals surface area contributed by atoms with Crippen LogP contribution < -0.4 is 10.6 Å². The average Bonchev–Trinajstić information content (AvgIpc) is 3.16. The number of alkyl halides is 6. The Hall–Kier alpha value is -3.83. The number of carbonyl (C=O) groups excluding carboxylic acids is 2. The third-order valence-electron chi connectivity index (χ3n) is 4.09. The molecule has 0 aliphatic rings. The summed E-state index contributed by atoms with van der Waals surface area (Å²) in [5, 5.41) is 8.02. The van der Waals surface area contributed by atoms with Crippen LogP contribution in [0.3, 0.4) is 0 Å². The average molecular weight is 456 g/mol. The van der Waals surface area contributed by atoms with Crippen molar-refractivity contribution in [3.8, 4) is 0 Å². The fourth-order valence-electron chi connectivity index (χ4n) is 2.66. The number of amides is 2. The predicted octanol–water partition coefficient (Wildman–Crippen LogP) is 4.81. The summed E-state index contributed by atoms with van der Waals surface area (Å²) >= 11 is 0. The second-order valence-corrected chi connectivity index (χ2v) is 6.56. The van der Waals surface area contributed by atoms with Crippen LogP contribution in [0.15, 0.2) is 60.8 Å². The first kappa shape index (κ1) is 22.8. The predicted molar refractivity (Wildman–Crippen MR) is 102 cm³/mol. The fourth-order valence-corrected chi connectivity index (χ4v) is 2.66. The van der Waals surface area contributed by atoms with Crippen molar-refractivity contribution >= 4 is 23.2 Å². The minimum atomic E-state index is -4.64. The lowest BCUT2D eigenvalue weighted by Gasteiger charge is -2.11. The summed E-state index contributed by atoms with van der Waals surface area (Å²) in [5.41, 5.74) is -1.94. The Morgan fingerprint density at radius 3 is 2.12 bits per heavy atom. The van der Waals surface area contributed by atoms with Crippen molar-refractivity contribution in [2.24, 2.45) is 0 Å². The van der Waals surface area contributed by atoms with Gasteiger partial charge in [-0.3, -0.25) is 14.3 Å². The smallest absolute Gasteiger partial charge is 0.324 e. The van der Waals surface area contributed by atoms with Crippen LogP contribution in [0.25, 0.3) is 0 Å². The summed E-state index contributed by atoms with van der Waals surface area (Å²) in [6, 6.07) is 10.3. The zero-order valence-electron chi connectivity index (χ0n) is 16.0. The van der Waals surface area contributed by atoms with Gasteiger partial charge in [-0.2, -0.15) is 31.4 Å². The largest absolute Gasteiger partial charge is 0.435 e. The maximum atomic E-state index is 12.8. The van der Waals surface area contributed by atoms with Crippen LogP contribution in [0.4, 0.5) is 37.7 Å². The van der Waals surface area contributed by atoms with Gasteiger partial charge in [-0.15, -0.1) is 0 Å². The van der Waals surface area contributed by atoms with Crippen LogP contribution in [-0.4, -0.2) is 21.6 Å². The Labute approximate surface area is 176 Å². The number of halogens is 6. The number of nitrogens with zero attached hydrogens (tertiary/aromatic N) is 2. The van der Waals surface area contributed by atoms with Crippen molar-refractivity contribution < 1.29 is 35.9 Å². The van der Waals surface area contributed by atoms with Crippen LogP contribution in [0.1, 0.15) is 21.6 Å². The fraction of sp³-hybridized carbons (Fsp3) is 0.150. The van der Waals surface area contributed by atoms with Crippen LogP contribution in [-0.2, 0) is 23.7 Å². The van der Waals surface area contributed by atoms with Gasteiger partial charge in [0.15, 0.2) is 5.69 Å². The van der Waals surface area contributed by atoms with Gasteiger partial charge >= 0.3 is 12.4 Å². The van der Waals surface area contributed by atoms with E-state index in [0.717, 1.165) is 35.1 Å². The van der Waals surface area contributed by atoms with Crippen LogP contribution >= 0.6 is 0 Å². The molecular formula is C20H14F6N4O2. The number of anilines is 2. The molecule has 0 spiro atoms. The molecule has 0 aliphatic carbocycles. The molecule has 6 nitrogen and oxygen atoms in total. The number of hydrogen-bond acceptors (Lipinski definition) is 3. The van der Waals surface area contributed by atoms with Gasteiger partial charge in [-0.1, -0.05) is 12.1 Å². The number of rotatable bonds is 5. The van der Waals surface area contributed by atoms with E-state index in [1.807, 2.05) is 0 Å². The second kappa shape index (κ2) is 8.73. The minimum absolute atomic E-state index is 0.0404. The van der Waals surface area contributed by atoms with E-state index in [1.165, 1.54) is 30.3 Å². The molecule has 0 unspecified atom stereocenters. The summed E-state index contributed by atoms with van der Waals surface area (Å²) in [4.78, 5) is 24.5. The Morgan fingerprint density at radius 1 is 0.844 bits per heavy atom. The molecule has 1 heterocycles. The van der Waals surface area contributed by atoms with Gasteiger partial charge in [0.1, 0.15) is 6.54 Å². The Balaban J connectivity index is 1.65. The Bertz CT molecular complexity index is 1140. The van der Waals surface area contributed by atoms with E-state index in [1.54, 1.807) is 0 Å². The number of hydrogen-bond donors (Lipinski definition) is 2. The van der Waals surface area contributed by atoms with Crippen molar-refractivity contribution in [1.29, 1.82) is 0 Å². The van der Waals surface area contributed by atoms with E-state index in [4.69, 9.17) is 0 Å². The lowest BCUT2D eigenvalue weighted by molar-refractivity contribution is -0.141. The number of benzene rings is 2. The van der Waals surface area contributed by atoms with E-state index >= 15 is 0 Å². The van der Waals surface area contributed by atoms with E-state index < -0.39 is 42.0 Å². The molecular weight excluding hydrogens is 442 g/mol. The van der Waals surface area contributed by atoms with E-state index in [-0.39, 0.29) is 16.9 Å². The third-order valence-corrected chi connectivity index (χ3v) is 4.09. The first-order chi connectivity index (χ1) is 14.9. The molecule has 2 N–H and O–H groups in total. The van der Waals surface area contributed by atoms with Crippen molar-refractivity contribution in [2.75, 3.05) is 10.6 Å². The monoisotopic (exact) mass is 456 g/mol. The normalized spacial score (nSPS) is 11.8. The maximum absolute atomic E-state index is 12.8. The van der Waals surface area contributed by atoms with Crippen molar-refractivity contribution in [3.63, 3.8) is 0 Å².